The first-order chi connectivity index (χ1) is 10.6. The Bertz CT molecular complexity index is 542. The van der Waals surface area contributed by atoms with Crippen molar-refractivity contribution in [2.75, 3.05) is 5.84 Å². The zero-order valence-electron chi connectivity index (χ0n) is 13.3. The molecule has 0 unspecified atom stereocenters. The first-order valence-corrected chi connectivity index (χ1v) is 9.11. The molecule has 0 aliphatic heterocycles. The zero-order valence-corrected chi connectivity index (χ0v) is 14.1. The van der Waals surface area contributed by atoms with Gasteiger partial charge in [0.1, 0.15) is 0 Å². The molecular formula is C15H25N5OS. The van der Waals surface area contributed by atoms with Gasteiger partial charge in [0.05, 0.1) is 5.25 Å². The highest BCUT2D eigenvalue weighted by molar-refractivity contribution is 8.00. The molecule has 1 heterocycles. The van der Waals surface area contributed by atoms with Gasteiger partial charge in [-0.2, -0.15) is 0 Å². The van der Waals surface area contributed by atoms with Crippen LogP contribution in [0.1, 0.15) is 64.1 Å². The summed E-state index contributed by atoms with van der Waals surface area (Å²) in [5.74, 6) is 7.97. The molecule has 0 radical (unpaired) electrons. The van der Waals surface area contributed by atoms with Crippen LogP contribution >= 0.6 is 11.8 Å². The van der Waals surface area contributed by atoms with Gasteiger partial charge in [0, 0.05) is 12.0 Å². The summed E-state index contributed by atoms with van der Waals surface area (Å²) in [5.41, 5.74) is 0. The maximum absolute atomic E-state index is 12.4. The molecule has 7 heteroatoms. The van der Waals surface area contributed by atoms with Gasteiger partial charge >= 0.3 is 0 Å². The lowest BCUT2D eigenvalue weighted by molar-refractivity contribution is -0.121. The largest absolute Gasteiger partial charge is 0.352 e. The van der Waals surface area contributed by atoms with Crippen molar-refractivity contribution in [3.8, 4) is 0 Å². The third kappa shape index (κ3) is 3.39. The summed E-state index contributed by atoms with van der Waals surface area (Å²) in [6, 6.07) is 0.307. The van der Waals surface area contributed by atoms with Crippen LogP contribution in [0.4, 0.5) is 0 Å². The Morgan fingerprint density at radius 2 is 2.05 bits per heavy atom. The van der Waals surface area contributed by atoms with Crippen molar-refractivity contribution in [1.29, 1.82) is 0 Å². The normalized spacial score (nSPS) is 26.6. The van der Waals surface area contributed by atoms with E-state index in [0.717, 1.165) is 25.1 Å². The molecule has 2 saturated carbocycles. The molecule has 0 aromatic carbocycles. The van der Waals surface area contributed by atoms with Crippen molar-refractivity contribution in [3.63, 3.8) is 0 Å². The van der Waals surface area contributed by atoms with Gasteiger partial charge in [0.2, 0.25) is 11.1 Å². The highest BCUT2D eigenvalue weighted by Gasteiger charge is 2.31. The van der Waals surface area contributed by atoms with E-state index in [1.165, 1.54) is 31.0 Å². The van der Waals surface area contributed by atoms with Crippen LogP contribution in [0.2, 0.25) is 0 Å². The van der Waals surface area contributed by atoms with E-state index in [-0.39, 0.29) is 11.2 Å². The van der Waals surface area contributed by atoms with Crippen molar-refractivity contribution in [1.82, 2.24) is 20.2 Å². The van der Waals surface area contributed by atoms with Crippen LogP contribution in [0.25, 0.3) is 0 Å². The zero-order chi connectivity index (χ0) is 15.7. The van der Waals surface area contributed by atoms with Gasteiger partial charge < -0.3 is 11.2 Å². The average molecular weight is 323 g/mol. The molecule has 3 atom stereocenters. The number of nitrogens with one attached hydrogen (secondary N) is 1. The Hall–Kier alpha value is -1.24. The van der Waals surface area contributed by atoms with E-state index in [0.29, 0.717) is 23.0 Å². The van der Waals surface area contributed by atoms with E-state index in [2.05, 4.69) is 22.4 Å². The summed E-state index contributed by atoms with van der Waals surface area (Å²) in [4.78, 5) is 12.4. The third-order valence-electron chi connectivity index (χ3n) is 4.72. The topological polar surface area (TPSA) is 85.8 Å². The van der Waals surface area contributed by atoms with Gasteiger partial charge in [-0.25, -0.2) is 4.68 Å². The van der Waals surface area contributed by atoms with E-state index >= 15 is 0 Å². The Morgan fingerprint density at radius 1 is 1.32 bits per heavy atom. The smallest absolute Gasteiger partial charge is 0.233 e. The number of carbonyl (C=O) groups is 1. The van der Waals surface area contributed by atoms with Crippen molar-refractivity contribution < 1.29 is 4.79 Å². The van der Waals surface area contributed by atoms with Gasteiger partial charge in [0.15, 0.2) is 5.82 Å². The minimum Gasteiger partial charge on any atom is -0.352 e. The highest BCUT2D eigenvalue weighted by atomic mass is 32.2. The summed E-state index contributed by atoms with van der Waals surface area (Å²) in [7, 11) is 0. The number of nitrogens with zero attached hydrogens (tertiary/aromatic N) is 3. The first-order valence-electron chi connectivity index (χ1n) is 8.23. The second-order valence-corrected chi connectivity index (χ2v) is 7.93. The fraction of sp³-hybridized carbons (Fsp3) is 0.800. The number of thioether (sulfide) groups is 1. The lowest BCUT2D eigenvalue weighted by atomic mass is 9.86. The van der Waals surface area contributed by atoms with Gasteiger partial charge in [0.25, 0.3) is 0 Å². The molecule has 3 rings (SSSR count). The molecule has 122 valence electrons. The SMILES string of the molecule is C[C@H](Sc1nnc(C2CC2)n1N)C(=O)N[C@H]1CCCC[C@H]1C. The lowest BCUT2D eigenvalue weighted by Crippen LogP contribution is -2.44. The monoisotopic (exact) mass is 323 g/mol. The van der Waals surface area contributed by atoms with Gasteiger partial charge in [-0.15, -0.1) is 10.2 Å². The van der Waals surface area contributed by atoms with E-state index < -0.39 is 0 Å². The predicted octanol–water partition coefficient (Wildman–Crippen LogP) is 2.04. The number of nitrogen functional groups attached to an aromatic ring is 1. The Labute approximate surface area is 135 Å². The molecule has 0 bridgehead atoms. The molecule has 0 spiro atoms. The molecule has 6 nitrogen and oxygen atoms in total. The molecule has 1 amide bonds. The highest BCUT2D eigenvalue weighted by Crippen LogP contribution is 2.39. The molecule has 2 fully saturated rings. The molecule has 2 aliphatic carbocycles. The summed E-state index contributed by atoms with van der Waals surface area (Å²) in [6.07, 6.45) is 7.04. The van der Waals surface area contributed by atoms with E-state index in [1.807, 2.05) is 6.92 Å². The van der Waals surface area contributed by atoms with Crippen LogP contribution in [0.15, 0.2) is 5.16 Å². The van der Waals surface area contributed by atoms with Crippen molar-refractivity contribution in [2.45, 2.75) is 74.7 Å². The van der Waals surface area contributed by atoms with Crippen LogP contribution in [-0.2, 0) is 4.79 Å². The summed E-state index contributed by atoms with van der Waals surface area (Å²) in [5, 5.41) is 11.9. The van der Waals surface area contributed by atoms with Crippen LogP contribution in [-0.4, -0.2) is 32.1 Å². The molecule has 2 aliphatic rings. The van der Waals surface area contributed by atoms with E-state index in [9.17, 15) is 4.79 Å². The predicted molar refractivity (Wildman–Crippen MR) is 87.0 cm³/mol. The summed E-state index contributed by atoms with van der Waals surface area (Å²) < 4.78 is 1.55. The molecule has 0 saturated heterocycles. The lowest BCUT2D eigenvalue weighted by Gasteiger charge is -2.30. The van der Waals surface area contributed by atoms with Crippen molar-refractivity contribution in [2.24, 2.45) is 5.92 Å². The number of rotatable bonds is 5. The van der Waals surface area contributed by atoms with E-state index in [4.69, 9.17) is 5.84 Å². The second kappa shape index (κ2) is 6.48. The molecule has 1 aromatic heterocycles. The molecule has 1 aromatic rings. The van der Waals surface area contributed by atoms with Crippen LogP contribution < -0.4 is 11.2 Å². The summed E-state index contributed by atoms with van der Waals surface area (Å²) >= 11 is 1.39. The number of amides is 1. The quantitative estimate of drug-likeness (QED) is 0.640. The number of nitrogens with two attached hydrogens (primary N) is 1. The molecule has 3 N–H and O–H groups in total. The third-order valence-corrected chi connectivity index (χ3v) is 5.78. The maximum atomic E-state index is 12.4. The maximum Gasteiger partial charge on any atom is 0.233 e. The van der Waals surface area contributed by atoms with Gasteiger partial charge in [-0.3, -0.25) is 4.79 Å². The first kappa shape index (κ1) is 15.6. The Balaban J connectivity index is 1.56. The van der Waals surface area contributed by atoms with Crippen LogP contribution in [0.3, 0.4) is 0 Å². The fourth-order valence-corrected chi connectivity index (χ4v) is 3.82. The number of carbonyl (C=O) groups excluding carboxylic acids is 1. The summed E-state index contributed by atoms with van der Waals surface area (Å²) in [6.45, 7) is 4.12. The standard InChI is InChI=1S/C15H25N5OS/c1-9-5-3-4-6-12(9)17-14(21)10(2)22-15-19-18-13(20(15)16)11-7-8-11/h9-12H,3-8,16H2,1-2H3,(H,17,21)/t9-,10+,12+/m1/s1. The van der Waals surface area contributed by atoms with Crippen LogP contribution in [0.5, 0.6) is 0 Å². The second-order valence-electron chi connectivity index (χ2n) is 6.62. The van der Waals surface area contributed by atoms with Gasteiger partial charge in [-0.1, -0.05) is 31.5 Å². The minimum absolute atomic E-state index is 0.0692. The average Bonchev–Trinajstić information content (AvgIpc) is 3.27. The van der Waals surface area contributed by atoms with E-state index in [1.54, 1.807) is 4.68 Å². The minimum atomic E-state index is -0.215. The Kier molecular flexibility index (Phi) is 4.61. The molecular weight excluding hydrogens is 298 g/mol. The van der Waals surface area contributed by atoms with Crippen molar-refractivity contribution in [3.05, 3.63) is 5.82 Å². The fourth-order valence-electron chi connectivity index (χ4n) is 3.03. The number of hydrogen-bond acceptors (Lipinski definition) is 5. The van der Waals surface area contributed by atoms with Gasteiger partial charge in [-0.05, 0) is 38.5 Å². The number of hydrogen-bond donors (Lipinski definition) is 2. The molecule has 22 heavy (non-hydrogen) atoms. The Morgan fingerprint density at radius 3 is 2.73 bits per heavy atom. The number of aromatic nitrogens is 3. The van der Waals surface area contributed by atoms with Crippen LogP contribution in [0, 0.1) is 5.92 Å². The van der Waals surface area contributed by atoms with Crippen molar-refractivity contribution >= 4 is 17.7 Å².